The van der Waals surface area contributed by atoms with Crippen LogP contribution in [0.3, 0.4) is 0 Å². The molecule has 19 heavy (non-hydrogen) atoms. The summed E-state index contributed by atoms with van der Waals surface area (Å²) in [4.78, 5) is 10.2. The van der Waals surface area contributed by atoms with Crippen LogP contribution in [-0.4, -0.2) is 22.2 Å². The zero-order valence-electron chi connectivity index (χ0n) is 10.8. The molecular formula is C13H16FNO4. The van der Waals surface area contributed by atoms with Crippen molar-refractivity contribution >= 4 is 5.69 Å². The Morgan fingerprint density at radius 1 is 1.63 bits per heavy atom. The van der Waals surface area contributed by atoms with Gasteiger partial charge in [0, 0.05) is 11.8 Å². The number of benzene rings is 1. The Labute approximate surface area is 110 Å². The molecule has 0 heterocycles. The fraction of sp³-hybridized carbons (Fsp3) is 0.538. The van der Waals surface area contributed by atoms with E-state index in [0.29, 0.717) is 12.8 Å². The summed E-state index contributed by atoms with van der Waals surface area (Å²) in [6.07, 6.45) is 0.367. The molecule has 3 atom stereocenters. The second-order valence-electron chi connectivity index (χ2n) is 5.09. The molecule has 2 rings (SSSR count). The van der Waals surface area contributed by atoms with Crippen LogP contribution in [0.15, 0.2) is 18.2 Å². The quantitative estimate of drug-likeness (QED) is 0.673. The third-order valence-electron chi connectivity index (χ3n) is 4.08. The van der Waals surface area contributed by atoms with Gasteiger partial charge < -0.3 is 9.84 Å². The van der Waals surface area contributed by atoms with Gasteiger partial charge in [0.05, 0.1) is 17.1 Å². The minimum absolute atomic E-state index is 0.0444. The highest BCUT2D eigenvalue weighted by atomic mass is 19.1. The zero-order chi connectivity index (χ0) is 14.2. The molecule has 5 nitrogen and oxygen atoms in total. The summed E-state index contributed by atoms with van der Waals surface area (Å²) in [5.74, 6) is -0.631. The standard InChI is InChI=1S/C13H16FNO4/c1-3-13(2)11(16)7-12(13)19-10-5-4-8(14)6-9(10)15(17)18/h4-6,11-12,16H,3,7H2,1-2H3. The number of rotatable bonds is 4. The first kappa shape index (κ1) is 13.7. The molecule has 0 aromatic heterocycles. The van der Waals surface area contributed by atoms with Crippen molar-refractivity contribution in [3.63, 3.8) is 0 Å². The summed E-state index contributed by atoms with van der Waals surface area (Å²) < 4.78 is 18.6. The van der Waals surface area contributed by atoms with Crippen molar-refractivity contribution in [2.75, 3.05) is 0 Å². The lowest BCUT2D eigenvalue weighted by Gasteiger charge is -2.50. The van der Waals surface area contributed by atoms with Gasteiger partial charge in [-0.2, -0.15) is 0 Å². The van der Waals surface area contributed by atoms with Crippen LogP contribution in [0, 0.1) is 21.3 Å². The fourth-order valence-corrected chi connectivity index (χ4v) is 2.33. The smallest absolute Gasteiger partial charge is 0.313 e. The van der Waals surface area contributed by atoms with E-state index >= 15 is 0 Å². The van der Waals surface area contributed by atoms with E-state index in [-0.39, 0.29) is 17.5 Å². The van der Waals surface area contributed by atoms with Crippen molar-refractivity contribution in [2.45, 2.75) is 38.9 Å². The van der Waals surface area contributed by atoms with Crippen LogP contribution in [0.2, 0.25) is 0 Å². The van der Waals surface area contributed by atoms with Crippen LogP contribution >= 0.6 is 0 Å². The first-order valence-electron chi connectivity index (χ1n) is 6.17. The molecule has 1 aliphatic rings. The lowest BCUT2D eigenvalue weighted by atomic mass is 9.63. The van der Waals surface area contributed by atoms with Crippen LogP contribution in [-0.2, 0) is 0 Å². The number of nitro groups is 1. The Bertz CT molecular complexity index is 507. The van der Waals surface area contributed by atoms with Crippen molar-refractivity contribution in [3.05, 3.63) is 34.1 Å². The fourth-order valence-electron chi connectivity index (χ4n) is 2.33. The van der Waals surface area contributed by atoms with Crippen LogP contribution in [0.1, 0.15) is 26.7 Å². The number of ether oxygens (including phenoxy) is 1. The number of hydrogen-bond acceptors (Lipinski definition) is 4. The average molecular weight is 269 g/mol. The maximum absolute atomic E-state index is 13.0. The summed E-state index contributed by atoms with van der Waals surface area (Å²) in [5, 5.41) is 20.6. The molecule has 1 fully saturated rings. The van der Waals surface area contributed by atoms with E-state index in [1.807, 2.05) is 13.8 Å². The predicted octanol–water partition coefficient (Wildman–Crippen LogP) is 2.66. The van der Waals surface area contributed by atoms with Crippen molar-refractivity contribution in [3.8, 4) is 5.75 Å². The van der Waals surface area contributed by atoms with Crippen LogP contribution in [0.4, 0.5) is 10.1 Å². The van der Waals surface area contributed by atoms with E-state index in [0.717, 1.165) is 12.1 Å². The van der Waals surface area contributed by atoms with Gasteiger partial charge in [-0.1, -0.05) is 13.8 Å². The van der Waals surface area contributed by atoms with Gasteiger partial charge in [-0.3, -0.25) is 10.1 Å². The first-order chi connectivity index (χ1) is 8.88. The monoisotopic (exact) mass is 269 g/mol. The van der Waals surface area contributed by atoms with E-state index in [1.165, 1.54) is 6.07 Å². The normalized spacial score (nSPS) is 29.7. The van der Waals surface area contributed by atoms with E-state index < -0.39 is 22.3 Å². The summed E-state index contributed by atoms with van der Waals surface area (Å²) in [6.45, 7) is 3.80. The number of nitro benzene ring substituents is 1. The SMILES string of the molecule is CCC1(C)C(O)CC1Oc1ccc(F)cc1[N+](=O)[O-]. The van der Waals surface area contributed by atoms with Gasteiger partial charge in [0.2, 0.25) is 0 Å². The van der Waals surface area contributed by atoms with Crippen LogP contribution < -0.4 is 4.74 Å². The molecule has 0 saturated heterocycles. The van der Waals surface area contributed by atoms with Crippen molar-refractivity contribution < 1.29 is 19.2 Å². The van der Waals surface area contributed by atoms with Gasteiger partial charge >= 0.3 is 5.69 Å². The van der Waals surface area contributed by atoms with Crippen molar-refractivity contribution in [2.24, 2.45) is 5.41 Å². The van der Waals surface area contributed by atoms with Gasteiger partial charge in [0.1, 0.15) is 11.9 Å². The molecule has 0 aliphatic heterocycles. The lowest BCUT2D eigenvalue weighted by Crippen LogP contribution is -2.57. The van der Waals surface area contributed by atoms with E-state index in [9.17, 15) is 19.6 Å². The number of nitrogens with zero attached hydrogens (tertiary/aromatic N) is 1. The van der Waals surface area contributed by atoms with E-state index in [1.54, 1.807) is 0 Å². The molecule has 104 valence electrons. The molecule has 0 amide bonds. The van der Waals surface area contributed by atoms with E-state index in [4.69, 9.17) is 4.74 Å². The summed E-state index contributed by atoms with van der Waals surface area (Å²) in [5.41, 5.74) is -0.803. The third-order valence-corrected chi connectivity index (χ3v) is 4.08. The highest BCUT2D eigenvalue weighted by Gasteiger charge is 2.51. The third kappa shape index (κ3) is 2.28. The molecule has 0 bridgehead atoms. The maximum Gasteiger partial charge on any atom is 0.313 e. The summed E-state index contributed by atoms with van der Waals surface area (Å²) >= 11 is 0. The molecule has 0 spiro atoms. The van der Waals surface area contributed by atoms with Gasteiger partial charge in [-0.15, -0.1) is 0 Å². The Kier molecular flexibility index (Phi) is 3.45. The highest BCUT2D eigenvalue weighted by molar-refractivity contribution is 5.46. The Morgan fingerprint density at radius 3 is 2.84 bits per heavy atom. The first-order valence-corrected chi connectivity index (χ1v) is 6.17. The van der Waals surface area contributed by atoms with Gasteiger partial charge in [0.25, 0.3) is 0 Å². The largest absolute Gasteiger partial charge is 0.483 e. The number of aliphatic hydroxyl groups is 1. The number of hydrogen-bond donors (Lipinski definition) is 1. The molecule has 0 radical (unpaired) electrons. The second kappa shape index (κ2) is 4.77. The summed E-state index contributed by atoms with van der Waals surface area (Å²) in [6, 6.07) is 3.22. The average Bonchev–Trinajstić information content (AvgIpc) is 2.38. The molecular weight excluding hydrogens is 253 g/mol. The molecule has 3 unspecified atom stereocenters. The predicted molar refractivity (Wildman–Crippen MR) is 66.5 cm³/mol. The molecule has 1 aliphatic carbocycles. The van der Waals surface area contributed by atoms with E-state index in [2.05, 4.69) is 0 Å². The van der Waals surface area contributed by atoms with Crippen molar-refractivity contribution in [1.82, 2.24) is 0 Å². The van der Waals surface area contributed by atoms with Gasteiger partial charge in [-0.05, 0) is 18.6 Å². The molecule has 1 saturated carbocycles. The number of aliphatic hydroxyl groups excluding tert-OH is 1. The maximum atomic E-state index is 13.0. The number of halogens is 1. The molecule has 1 aromatic carbocycles. The van der Waals surface area contributed by atoms with Gasteiger partial charge in [0.15, 0.2) is 5.75 Å². The lowest BCUT2D eigenvalue weighted by molar-refractivity contribution is -0.386. The molecule has 6 heteroatoms. The Morgan fingerprint density at radius 2 is 2.32 bits per heavy atom. The Balaban J connectivity index is 2.23. The minimum Gasteiger partial charge on any atom is -0.483 e. The van der Waals surface area contributed by atoms with Crippen LogP contribution in [0.25, 0.3) is 0 Å². The summed E-state index contributed by atoms with van der Waals surface area (Å²) in [7, 11) is 0. The molecule has 1 aromatic rings. The topological polar surface area (TPSA) is 72.6 Å². The Hall–Kier alpha value is -1.69. The van der Waals surface area contributed by atoms with Crippen LogP contribution in [0.5, 0.6) is 5.75 Å². The minimum atomic E-state index is -0.675. The van der Waals surface area contributed by atoms with Gasteiger partial charge in [-0.25, -0.2) is 4.39 Å². The second-order valence-corrected chi connectivity index (χ2v) is 5.09. The zero-order valence-corrected chi connectivity index (χ0v) is 10.8. The van der Waals surface area contributed by atoms with Crippen molar-refractivity contribution in [1.29, 1.82) is 0 Å². The highest BCUT2D eigenvalue weighted by Crippen LogP contribution is 2.47. The molecule has 1 N–H and O–H groups in total.